The van der Waals surface area contributed by atoms with Crippen LogP contribution in [0.3, 0.4) is 0 Å². The summed E-state index contributed by atoms with van der Waals surface area (Å²) in [6, 6.07) is 5.62. The number of pyridine rings is 1. The molecule has 1 saturated carbocycles. The van der Waals surface area contributed by atoms with Crippen molar-refractivity contribution in [1.82, 2.24) is 9.88 Å². The molecule has 138 valence electrons. The molecule has 26 heavy (non-hydrogen) atoms. The van der Waals surface area contributed by atoms with Crippen molar-refractivity contribution in [2.24, 2.45) is 5.41 Å². The van der Waals surface area contributed by atoms with Gasteiger partial charge in [-0.1, -0.05) is 12.5 Å². The molecular formula is C20H23FN2O3. The molecule has 1 aliphatic heterocycles. The lowest BCUT2D eigenvalue weighted by Gasteiger charge is -2.43. The fourth-order valence-electron chi connectivity index (χ4n) is 4.80. The Hall–Kier alpha value is -2.21. The Morgan fingerprint density at radius 3 is 2.96 bits per heavy atom. The summed E-state index contributed by atoms with van der Waals surface area (Å²) in [6.45, 7) is 1.27. The maximum absolute atomic E-state index is 14.1. The fraction of sp³-hybridized carbons (Fsp3) is 0.500. The molecule has 1 saturated heterocycles. The van der Waals surface area contributed by atoms with Crippen LogP contribution in [0.2, 0.25) is 0 Å². The molecule has 6 heteroatoms. The van der Waals surface area contributed by atoms with Crippen molar-refractivity contribution in [1.29, 1.82) is 0 Å². The van der Waals surface area contributed by atoms with Gasteiger partial charge in [-0.15, -0.1) is 0 Å². The van der Waals surface area contributed by atoms with Crippen LogP contribution in [-0.2, 0) is 4.74 Å². The van der Waals surface area contributed by atoms with Crippen molar-refractivity contribution < 1.29 is 13.9 Å². The predicted octanol–water partition coefficient (Wildman–Crippen LogP) is 3.09. The number of para-hydroxylation sites is 1. The van der Waals surface area contributed by atoms with Crippen LogP contribution in [0.25, 0.3) is 10.9 Å². The number of carbonyl (C=O) groups is 1. The Balaban J connectivity index is 1.66. The van der Waals surface area contributed by atoms with Gasteiger partial charge >= 0.3 is 0 Å². The number of halogens is 1. The quantitative estimate of drug-likeness (QED) is 0.897. The number of ether oxygens (including phenoxy) is 1. The zero-order valence-corrected chi connectivity index (χ0v) is 14.9. The summed E-state index contributed by atoms with van der Waals surface area (Å²) in [5.74, 6) is -0.771. The number of carbonyl (C=O) groups excluding carboxylic acids is 1. The normalized spacial score (nSPS) is 25.9. The van der Waals surface area contributed by atoms with Gasteiger partial charge in [-0.25, -0.2) is 4.39 Å². The molecule has 5 nitrogen and oxygen atoms in total. The van der Waals surface area contributed by atoms with Gasteiger partial charge in [0.05, 0.1) is 11.6 Å². The Morgan fingerprint density at radius 1 is 1.35 bits per heavy atom. The van der Waals surface area contributed by atoms with Gasteiger partial charge in [0.15, 0.2) is 5.43 Å². The molecule has 1 aromatic carbocycles. The van der Waals surface area contributed by atoms with E-state index in [1.54, 1.807) is 18.1 Å². The third-order valence-corrected chi connectivity index (χ3v) is 6.05. The van der Waals surface area contributed by atoms with Crippen molar-refractivity contribution >= 4 is 16.8 Å². The fourth-order valence-corrected chi connectivity index (χ4v) is 4.80. The van der Waals surface area contributed by atoms with Crippen molar-refractivity contribution in [3.63, 3.8) is 0 Å². The third-order valence-electron chi connectivity index (χ3n) is 6.05. The summed E-state index contributed by atoms with van der Waals surface area (Å²) < 4.78 is 19.8. The van der Waals surface area contributed by atoms with E-state index in [1.165, 1.54) is 18.2 Å². The number of benzene rings is 1. The van der Waals surface area contributed by atoms with Gasteiger partial charge in [-0.05, 0) is 37.8 Å². The van der Waals surface area contributed by atoms with Crippen molar-refractivity contribution in [3.05, 3.63) is 46.0 Å². The number of amides is 1. The molecule has 0 bridgehead atoms. The first-order valence-corrected chi connectivity index (χ1v) is 9.18. The monoisotopic (exact) mass is 358 g/mol. The molecule has 0 unspecified atom stereocenters. The van der Waals surface area contributed by atoms with Crippen molar-refractivity contribution in [2.45, 2.75) is 38.2 Å². The van der Waals surface area contributed by atoms with Gasteiger partial charge in [0.25, 0.3) is 5.91 Å². The highest BCUT2D eigenvalue weighted by molar-refractivity contribution is 5.95. The molecule has 2 fully saturated rings. The zero-order valence-electron chi connectivity index (χ0n) is 14.9. The number of hydrogen-bond donors (Lipinski definition) is 1. The summed E-state index contributed by atoms with van der Waals surface area (Å²) in [6.07, 6.45) is 5.33. The van der Waals surface area contributed by atoms with E-state index < -0.39 is 5.82 Å². The van der Waals surface area contributed by atoms with E-state index >= 15 is 0 Å². The first kappa shape index (κ1) is 17.2. The van der Waals surface area contributed by atoms with Gasteiger partial charge in [-0.2, -0.15) is 0 Å². The maximum Gasteiger partial charge on any atom is 0.270 e. The summed E-state index contributed by atoms with van der Waals surface area (Å²) in [7, 11) is 1.74. The Morgan fingerprint density at radius 2 is 2.15 bits per heavy atom. The Bertz CT molecular complexity index is 910. The Labute approximate surface area is 151 Å². The van der Waals surface area contributed by atoms with Crippen LogP contribution in [-0.4, -0.2) is 42.1 Å². The van der Waals surface area contributed by atoms with E-state index in [2.05, 4.69) is 4.98 Å². The topological polar surface area (TPSA) is 62.4 Å². The SMILES string of the molecule is CO[C@@H]1CCC[C@@]12CCCN(C(=O)c1cc(=O)c3cccc(F)c3[nH]1)C2. The van der Waals surface area contributed by atoms with E-state index in [4.69, 9.17) is 4.74 Å². The number of hydrogen-bond acceptors (Lipinski definition) is 3. The highest BCUT2D eigenvalue weighted by atomic mass is 19.1. The van der Waals surface area contributed by atoms with Gasteiger partial charge in [-0.3, -0.25) is 9.59 Å². The molecule has 2 heterocycles. The molecule has 1 aromatic heterocycles. The lowest BCUT2D eigenvalue weighted by Crippen LogP contribution is -2.50. The van der Waals surface area contributed by atoms with E-state index in [-0.39, 0.29) is 39.5 Å². The lowest BCUT2D eigenvalue weighted by atomic mass is 9.76. The Kier molecular flexibility index (Phi) is 4.31. The number of methoxy groups -OCH3 is 1. The van der Waals surface area contributed by atoms with E-state index in [0.29, 0.717) is 13.1 Å². The number of rotatable bonds is 2. The molecular weight excluding hydrogens is 335 g/mol. The molecule has 4 rings (SSSR count). The smallest absolute Gasteiger partial charge is 0.270 e. The number of H-pyrrole nitrogens is 1. The second kappa shape index (κ2) is 6.50. The number of aromatic amines is 1. The van der Waals surface area contributed by atoms with E-state index in [0.717, 1.165) is 32.1 Å². The van der Waals surface area contributed by atoms with Gasteiger partial charge in [0.1, 0.15) is 11.5 Å². The van der Waals surface area contributed by atoms with Gasteiger partial charge in [0.2, 0.25) is 0 Å². The molecule has 1 aliphatic carbocycles. The average molecular weight is 358 g/mol. The van der Waals surface area contributed by atoms with Crippen LogP contribution in [0.5, 0.6) is 0 Å². The highest BCUT2D eigenvalue weighted by Crippen LogP contribution is 2.46. The van der Waals surface area contributed by atoms with Crippen LogP contribution in [0, 0.1) is 11.2 Å². The number of piperidine rings is 1. The maximum atomic E-state index is 14.1. The second-order valence-corrected chi connectivity index (χ2v) is 7.52. The van der Waals surface area contributed by atoms with Crippen LogP contribution >= 0.6 is 0 Å². The minimum absolute atomic E-state index is 0.00501. The largest absolute Gasteiger partial charge is 0.381 e. The summed E-state index contributed by atoms with van der Waals surface area (Å²) in [5, 5.41) is 0.256. The summed E-state index contributed by atoms with van der Waals surface area (Å²) in [4.78, 5) is 30.0. The first-order valence-electron chi connectivity index (χ1n) is 9.18. The number of nitrogens with one attached hydrogen (secondary N) is 1. The average Bonchev–Trinajstić information content (AvgIpc) is 3.03. The number of fused-ring (bicyclic) bond motifs is 1. The molecule has 2 atom stereocenters. The molecule has 1 spiro atoms. The highest BCUT2D eigenvalue weighted by Gasteiger charge is 2.46. The molecule has 1 N–H and O–H groups in total. The molecule has 2 aromatic rings. The number of likely N-dealkylation sites (tertiary alicyclic amines) is 1. The third kappa shape index (κ3) is 2.72. The lowest BCUT2D eigenvalue weighted by molar-refractivity contribution is -0.0296. The van der Waals surface area contributed by atoms with Crippen LogP contribution < -0.4 is 5.43 Å². The van der Waals surface area contributed by atoms with Gasteiger partial charge in [0, 0.05) is 37.1 Å². The van der Waals surface area contributed by atoms with Gasteiger partial charge < -0.3 is 14.6 Å². The summed E-state index contributed by atoms with van der Waals surface area (Å²) >= 11 is 0. The van der Waals surface area contributed by atoms with Crippen LogP contribution in [0.1, 0.15) is 42.6 Å². The first-order chi connectivity index (χ1) is 12.5. The van der Waals surface area contributed by atoms with Crippen LogP contribution in [0.15, 0.2) is 29.1 Å². The predicted molar refractivity (Wildman–Crippen MR) is 96.7 cm³/mol. The molecule has 2 aliphatic rings. The van der Waals surface area contributed by atoms with E-state index in [1.807, 2.05) is 0 Å². The minimum Gasteiger partial charge on any atom is -0.381 e. The number of nitrogens with zero attached hydrogens (tertiary/aromatic N) is 1. The standard InChI is InChI=1S/C20H23FN2O3/c1-26-17-7-3-8-20(17)9-4-10-23(12-20)19(25)15-11-16(24)13-5-2-6-14(21)18(13)22-15/h2,5-6,11,17H,3-4,7-10,12H2,1H3,(H,22,24)/t17-,20+/m1/s1. The van der Waals surface area contributed by atoms with Crippen LogP contribution in [0.4, 0.5) is 4.39 Å². The minimum atomic E-state index is -0.528. The van der Waals surface area contributed by atoms with E-state index in [9.17, 15) is 14.0 Å². The second-order valence-electron chi connectivity index (χ2n) is 7.52. The van der Waals surface area contributed by atoms with Crippen molar-refractivity contribution in [2.75, 3.05) is 20.2 Å². The zero-order chi connectivity index (χ0) is 18.3. The molecule has 0 radical (unpaired) electrons. The number of aromatic nitrogens is 1. The summed E-state index contributed by atoms with van der Waals surface area (Å²) in [5.41, 5.74) is -0.100. The van der Waals surface area contributed by atoms with Crippen molar-refractivity contribution in [3.8, 4) is 0 Å². The molecule has 1 amide bonds.